The van der Waals surface area contributed by atoms with Gasteiger partial charge in [-0.3, -0.25) is 0 Å². The number of rotatable bonds is 0. The van der Waals surface area contributed by atoms with Crippen molar-refractivity contribution < 1.29 is 4.39 Å². The fourth-order valence-corrected chi connectivity index (χ4v) is 2.16. The van der Waals surface area contributed by atoms with Gasteiger partial charge in [-0.1, -0.05) is 0 Å². The Labute approximate surface area is 87.7 Å². The molecule has 0 atom stereocenters. The van der Waals surface area contributed by atoms with Crippen molar-refractivity contribution in [2.45, 2.75) is 6.54 Å². The molecule has 0 aromatic carbocycles. The Morgan fingerprint density at radius 3 is 3.14 bits per heavy atom. The van der Waals surface area contributed by atoms with E-state index >= 15 is 0 Å². The highest BCUT2D eigenvalue weighted by molar-refractivity contribution is 9.10. The van der Waals surface area contributed by atoms with Crippen molar-refractivity contribution in [1.82, 2.24) is 14.5 Å². The third-order valence-corrected chi connectivity index (χ3v) is 3.20. The van der Waals surface area contributed by atoms with Crippen LogP contribution in [0.5, 0.6) is 0 Å². The number of hydrogen-bond acceptors (Lipinski definition) is 2. The molecular formula is C9H5BrFN3. The molecule has 0 bridgehead atoms. The molecule has 14 heavy (non-hydrogen) atoms. The molecule has 2 aromatic heterocycles. The van der Waals surface area contributed by atoms with E-state index in [-0.39, 0.29) is 0 Å². The Morgan fingerprint density at radius 1 is 1.43 bits per heavy atom. The predicted molar refractivity (Wildman–Crippen MR) is 52.2 cm³/mol. The summed E-state index contributed by atoms with van der Waals surface area (Å²) in [5.74, 6) is -0.456. The fraction of sp³-hybridized carbons (Fsp3) is 0.111. The average molecular weight is 254 g/mol. The lowest BCUT2D eigenvalue weighted by molar-refractivity contribution is 0.574. The quantitative estimate of drug-likeness (QED) is 0.576. The van der Waals surface area contributed by atoms with Gasteiger partial charge in [-0.25, -0.2) is 9.97 Å². The molecule has 3 nitrogen and oxygen atoms in total. The zero-order valence-corrected chi connectivity index (χ0v) is 8.62. The molecule has 0 N–H and O–H groups in total. The minimum atomic E-state index is -0.456. The topological polar surface area (TPSA) is 30.7 Å². The zero-order valence-electron chi connectivity index (χ0n) is 7.04. The monoisotopic (exact) mass is 253 g/mol. The molecule has 0 unspecified atom stereocenters. The molecule has 0 saturated heterocycles. The Morgan fingerprint density at radius 2 is 2.29 bits per heavy atom. The second-order valence-electron chi connectivity index (χ2n) is 3.16. The van der Waals surface area contributed by atoms with E-state index in [1.54, 1.807) is 18.7 Å². The van der Waals surface area contributed by atoms with Crippen molar-refractivity contribution in [2.75, 3.05) is 0 Å². The van der Waals surface area contributed by atoms with E-state index in [1.165, 1.54) is 0 Å². The van der Waals surface area contributed by atoms with E-state index < -0.39 is 5.95 Å². The number of nitrogens with zero attached hydrogens (tertiary/aromatic N) is 3. The number of hydrogen-bond donors (Lipinski definition) is 0. The van der Waals surface area contributed by atoms with Crippen LogP contribution in [-0.4, -0.2) is 14.5 Å². The van der Waals surface area contributed by atoms with Crippen molar-refractivity contribution in [3.05, 3.63) is 34.7 Å². The molecule has 70 valence electrons. The second kappa shape index (κ2) is 2.63. The van der Waals surface area contributed by atoms with Crippen LogP contribution in [0.3, 0.4) is 0 Å². The summed E-state index contributed by atoms with van der Waals surface area (Å²) in [4.78, 5) is 7.70. The summed E-state index contributed by atoms with van der Waals surface area (Å²) in [6, 6.07) is 0. The fourth-order valence-electron chi connectivity index (χ4n) is 1.72. The van der Waals surface area contributed by atoms with Crippen molar-refractivity contribution in [1.29, 1.82) is 0 Å². The first-order valence-corrected chi connectivity index (χ1v) is 4.90. The summed E-state index contributed by atoms with van der Waals surface area (Å²) in [6.45, 7) is 0.657. The van der Waals surface area contributed by atoms with Crippen molar-refractivity contribution in [3.8, 4) is 11.3 Å². The van der Waals surface area contributed by atoms with Gasteiger partial charge in [-0.2, -0.15) is 4.39 Å². The maximum atomic E-state index is 13.1. The molecular weight excluding hydrogens is 249 g/mol. The predicted octanol–water partition coefficient (Wildman–Crippen LogP) is 2.21. The number of pyridine rings is 1. The van der Waals surface area contributed by atoms with Gasteiger partial charge >= 0.3 is 0 Å². The highest BCUT2D eigenvalue weighted by Gasteiger charge is 2.22. The van der Waals surface area contributed by atoms with E-state index in [0.717, 1.165) is 16.8 Å². The van der Waals surface area contributed by atoms with Gasteiger partial charge in [0.15, 0.2) is 0 Å². The Bertz CT molecular complexity index is 521. The molecule has 0 aliphatic carbocycles. The molecule has 1 aliphatic rings. The lowest BCUT2D eigenvalue weighted by atomic mass is 10.1. The SMILES string of the molecule is Fc1ncc2c(c1Br)Cn1cncc1-2. The van der Waals surface area contributed by atoms with Crippen molar-refractivity contribution in [2.24, 2.45) is 0 Å². The van der Waals surface area contributed by atoms with Gasteiger partial charge in [0.1, 0.15) is 0 Å². The van der Waals surface area contributed by atoms with Crippen LogP contribution < -0.4 is 0 Å². The molecule has 0 radical (unpaired) electrons. The zero-order chi connectivity index (χ0) is 9.71. The minimum Gasteiger partial charge on any atom is -0.326 e. The summed E-state index contributed by atoms with van der Waals surface area (Å²) in [6.07, 6.45) is 5.05. The van der Waals surface area contributed by atoms with Crippen LogP contribution in [0.2, 0.25) is 0 Å². The maximum Gasteiger partial charge on any atom is 0.227 e. The standard InChI is InChI=1S/C9H5BrFN3/c10-8-6-3-14-4-12-2-7(14)5(6)1-13-9(8)11/h1-2,4H,3H2. The number of aromatic nitrogens is 3. The highest BCUT2D eigenvalue weighted by Crippen LogP contribution is 2.35. The first kappa shape index (κ1) is 8.11. The third kappa shape index (κ3) is 0.901. The van der Waals surface area contributed by atoms with E-state index in [0.29, 0.717) is 11.0 Å². The normalized spacial score (nSPS) is 12.7. The van der Waals surface area contributed by atoms with E-state index in [4.69, 9.17) is 0 Å². The van der Waals surface area contributed by atoms with Crippen molar-refractivity contribution in [3.63, 3.8) is 0 Å². The van der Waals surface area contributed by atoms with E-state index in [2.05, 4.69) is 25.9 Å². The van der Waals surface area contributed by atoms with Crippen LogP contribution in [0.4, 0.5) is 4.39 Å². The summed E-state index contributed by atoms with van der Waals surface area (Å²) < 4.78 is 15.5. The van der Waals surface area contributed by atoms with Gasteiger partial charge < -0.3 is 4.57 Å². The van der Waals surface area contributed by atoms with Crippen molar-refractivity contribution >= 4 is 15.9 Å². The first-order chi connectivity index (χ1) is 6.77. The second-order valence-corrected chi connectivity index (χ2v) is 3.96. The molecule has 0 saturated carbocycles. The maximum absolute atomic E-state index is 13.1. The van der Waals surface area contributed by atoms with Gasteiger partial charge in [0.05, 0.1) is 29.2 Å². The number of fused-ring (bicyclic) bond motifs is 3. The highest BCUT2D eigenvalue weighted by atomic mass is 79.9. The Balaban J connectivity index is 2.32. The molecule has 0 amide bonds. The number of imidazole rings is 1. The molecule has 3 rings (SSSR count). The van der Waals surface area contributed by atoms with Gasteiger partial charge in [0.25, 0.3) is 0 Å². The molecule has 5 heteroatoms. The number of halogens is 2. The van der Waals surface area contributed by atoms with Crippen LogP contribution in [0.25, 0.3) is 11.3 Å². The largest absolute Gasteiger partial charge is 0.326 e. The lowest BCUT2D eigenvalue weighted by Gasteiger charge is -2.00. The average Bonchev–Trinajstić information content (AvgIpc) is 2.71. The lowest BCUT2D eigenvalue weighted by Crippen LogP contribution is -1.93. The van der Waals surface area contributed by atoms with Crippen LogP contribution in [-0.2, 0) is 6.54 Å². The summed E-state index contributed by atoms with van der Waals surface area (Å²) in [5, 5.41) is 0. The van der Waals surface area contributed by atoms with Gasteiger partial charge in [0, 0.05) is 17.3 Å². The van der Waals surface area contributed by atoms with Crippen LogP contribution in [0.15, 0.2) is 23.2 Å². The van der Waals surface area contributed by atoms with Gasteiger partial charge in [0.2, 0.25) is 5.95 Å². The van der Waals surface area contributed by atoms with Gasteiger partial charge in [-0.05, 0) is 15.9 Å². The smallest absolute Gasteiger partial charge is 0.227 e. The molecule has 3 heterocycles. The molecule has 2 aromatic rings. The third-order valence-electron chi connectivity index (χ3n) is 2.39. The Kier molecular flexibility index (Phi) is 1.53. The van der Waals surface area contributed by atoms with E-state index in [1.807, 2.05) is 4.57 Å². The first-order valence-electron chi connectivity index (χ1n) is 4.11. The van der Waals surface area contributed by atoms with Crippen LogP contribution >= 0.6 is 15.9 Å². The summed E-state index contributed by atoms with van der Waals surface area (Å²) in [5.41, 5.74) is 2.89. The minimum absolute atomic E-state index is 0.456. The molecule has 1 aliphatic heterocycles. The summed E-state index contributed by atoms with van der Waals surface area (Å²) >= 11 is 3.20. The summed E-state index contributed by atoms with van der Waals surface area (Å²) in [7, 11) is 0. The van der Waals surface area contributed by atoms with Gasteiger partial charge in [-0.15, -0.1) is 0 Å². The Hall–Kier alpha value is -1.23. The van der Waals surface area contributed by atoms with E-state index in [9.17, 15) is 4.39 Å². The van der Waals surface area contributed by atoms with Crippen LogP contribution in [0.1, 0.15) is 5.56 Å². The van der Waals surface area contributed by atoms with Crippen LogP contribution in [0, 0.1) is 5.95 Å². The molecule has 0 spiro atoms. The molecule has 0 fully saturated rings.